The number of halogens is 1. The zero-order valence-electron chi connectivity index (χ0n) is 8.91. The summed E-state index contributed by atoms with van der Waals surface area (Å²) in [6, 6.07) is 5.00. The highest BCUT2D eigenvalue weighted by atomic mass is 19.1. The minimum Gasteiger partial charge on any atom is -0.479 e. The largest absolute Gasteiger partial charge is 0.479 e. The first-order chi connectivity index (χ1) is 7.79. The third-order valence-electron chi connectivity index (χ3n) is 3.21. The van der Waals surface area contributed by atoms with Crippen LogP contribution in [0.4, 0.5) is 4.39 Å². The fraction of sp³-hybridized carbons (Fsp3) is 0.385. The number of hydrogen-bond donors (Lipinski definition) is 0. The van der Waals surface area contributed by atoms with Gasteiger partial charge in [0.1, 0.15) is 5.60 Å². The molecule has 2 aliphatic rings. The van der Waals surface area contributed by atoms with Gasteiger partial charge in [-0.15, -0.1) is 0 Å². The van der Waals surface area contributed by atoms with Crippen molar-refractivity contribution >= 4 is 6.08 Å². The summed E-state index contributed by atoms with van der Waals surface area (Å²) in [7, 11) is 0. The summed E-state index contributed by atoms with van der Waals surface area (Å²) in [6.07, 6.45) is 5.57. The first-order valence-electron chi connectivity index (χ1n) is 5.54. The molecule has 0 bridgehead atoms. The summed E-state index contributed by atoms with van der Waals surface area (Å²) >= 11 is 0. The van der Waals surface area contributed by atoms with Gasteiger partial charge in [0.2, 0.25) is 0 Å². The Bertz CT molecular complexity index is 434. The van der Waals surface area contributed by atoms with E-state index in [0.29, 0.717) is 19.0 Å². The Kier molecular flexibility index (Phi) is 2.21. The van der Waals surface area contributed by atoms with Crippen molar-refractivity contribution in [1.82, 2.24) is 0 Å². The van der Waals surface area contributed by atoms with Crippen molar-refractivity contribution in [2.75, 3.05) is 13.2 Å². The molecule has 0 atom stereocenters. The molecule has 0 aliphatic carbocycles. The SMILES string of the molecule is Fc1cccc2c1OC1(C=C2)CCOCC1. The topological polar surface area (TPSA) is 18.5 Å². The highest BCUT2D eigenvalue weighted by molar-refractivity contribution is 5.61. The number of fused-ring (bicyclic) bond motifs is 1. The van der Waals surface area contributed by atoms with Crippen molar-refractivity contribution in [2.24, 2.45) is 0 Å². The lowest BCUT2D eigenvalue weighted by molar-refractivity contribution is -0.0196. The second-order valence-electron chi connectivity index (χ2n) is 4.27. The van der Waals surface area contributed by atoms with Gasteiger partial charge >= 0.3 is 0 Å². The van der Waals surface area contributed by atoms with Crippen LogP contribution in [-0.4, -0.2) is 18.8 Å². The molecule has 0 unspecified atom stereocenters. The van der Waals surface area contributed by atoms with Gasteiger partial charge in [-0.25, -0.2) is 4.39 Å². The average molecular weight is 220 g/mol. The highest BCUT2D eigenvalue weighted by Gasteiger charge is 2.35. The Balaban J connectivity index is 1.98. The number of benzene rings is 1. The first-order valence-corrected chi connectivity index (χ1v) is 5.54. The van der Waals surface area contributed by atoms with E-state index in [2.05, 4.69) is 0 Å². The molecule has 1 aromatic carbocycles. The molecule has 2 nitrogen and oxygen atoms in total. The standard InChI is InChI=1S/C13H13FO2/c14-11-3-1-2-10-4-5-13(16-12(10)11)6-8-15-9-7-13/h1-5H,6-9H2. The molecular formula is C13H13FO2. The Labute approximate surface area is 93.7 Å². The summed E-state index contributed by atoms with van der Waals surface area (Å²) < 4.78 is 24.8. The molecule has 1 spiro atoms. The molecule has 0 amide bonds. The lowest BCUT2D eigenvalue weighted by Crippen LogP contribution is -2.41. The molecule has 1 saturated heterocycles. The van der Waals surface area contributed by atoms with Gasteiger partial charge in [-0.1, -0.05) is 18.2 Å². The molecule has 1 fully saturated rings. The minimum atomic E-state index is -0.354. The van der Waals surface area contributed by atoms with E-state index in [1.54, 1.807) is 6.07 Å². The second-order valence-corrected chi connectivity index (χ2v) is 4.27. The zero-order valence-corrected chi connectivity index (χ0v) is 8.91. The summed E-state index contributed by atoms with van der Waals surface area (Å²) in [5.74, 6) is 0.0969. The number of ether oxygens (including phenoxy) is 2. The van der Waals surface area contributed by atoms with Gasteiger partial charge in [-0.2, -0.15) is 0 Å². The van der Waals surface area contributed by atoms with E-state index in [0.717, 1.165) is 18.4 Å². The van der Waals surface area contributed by atoms with Gasteiger partial charge in [-0.3, -0.25) is 0 Å². The molecule has 0 saturated carbocycles. The Hall–Kier alpha value is -1.35. The van der Waals surface area contributed by atoms with Crippen molar-refractivity contribution in [3.05, 3.63) is 35.7 Å². The number of rotatable bonds is 0. The minimum absolute atomic E-state index is 0.285. The van der Waals surface area contributed by atoms with Gasteiger partial charge in [0.05, 0.1) is 13.2 Å². The van der Waals surface area contributed by atoms with Crippen LogP contribution in [0.2, 0.25) is 0 Å². The van der Waals surface area contributed by atoms with Crippen LogP contribution in [0.1, 0.15) is 18.4 Å². The maximum Gasteiger partial charge on any atom is 0.165 e. The summed E-state index contributed by atoms with van der Waals surface area (Å²) in [4.78, 5) is 0. The van der Waals surface area contributed by atoms with Crippen LogP contribution >= 0.6 is 0 Å². The van der Waals surface area contributed by atoms with E-state index in [9.17, 15) is 4.39 Å². The van der Waals surface area contributed by atoms with Crippen LogP contribution in [0, 0.1) is 5.82 Å². The van der Waals surface area contributed by atoms with Gasteiger partial charge in [0.15, 0.2) is 11.6 Å². The quantitative estimate of drug-likeness (QED) is 0.669. The van der Waals surface area contributed by atoms with Crippen LogP contribution in [0.3, 0.4) is 0 Å². The molecular weight excluding hydrogens is 207 g/mol. The van der Waals surface area contributed by atoms with E-state index >= 15 is 0 Å². The number of para-hydroxylation sites is 1. The monoisotopic (exact) mass is 220 g/mol. The molecule has 3 heteroatoms. The van der Waals surface area contributed by atoms with E-state index in [1.165, 1.54) is 6.07 Å². The van der Waals surface area contributed by atoms with Crippen molar-refractivity contribution in [2.45, 2.75) is 18.4 Å². The molecule has 0 N–H and O–H groups in total. The second kappa shape index (κ2) is 3.59. The third kappa shape index (κ3) is 1.52. The molecule has 16 heavy (non-hydrogen) atoms. The van der Waals surface area contributed by atoms with Crippen LogP contribution in [0.25, 0.3) is 6.08 Å². The molecule has 2 heterocycles. The Morgan fingerprint density at radius 1 is 1.19 bits per heavy atom. The van der Waals surface area contributed by atoms with E-state index < -0.39 is 0 Å². The highest BCUT2D eigenvalue weighted by Crippen LogP contribution is 2.37. The zero-order chi connectivity index (χ0) is 11.0. The van der Waals surface area contributed by atoms with Crippen LogP contribution < -0.4 is 4.74 Å². The van der Waals surface area contributed by atoms with Crippen molar-refractivity contribution in [3.63, 3.8) is 0 Å². The van der Waals surface area contributed by atoms with Crippen molar-refractivity contribution in [1.29, 1.82) is 0 Å². The number of hydrogen-bond acceptors (Lipinski definition) is 2. The summed E-state index contributed by atoms with van der Waals surface area (Å²) in [5.41, 5.74) is 0.463. The lowest BCUT2D eigenvalue weighted by Gasteiger charge is -2.37. The van der Waals surface area contributed by atoms with Gasteiger partial charge in [-0.05, 0) is 12.1 Å². The predicted octanol–water partition coefficient (Wildman–Crippen LogP) is 2.78. The van der Waals surface area contributed by atoms with E-state index in [1.807, 2.05) is 18.2 Å². The molecule has 0 aromatic heterocycles. The van der Waals surface area contributed by atoms with E-state index in [-0.39, 0.29) is 11.4 Å². The normalized spacial score (nSPS) is 21.6. The van der Waals surface area contributed by atoms with Crippen LogP contribution in [-0.2, 0) is 4.74 Å². The Morgan fingerprint density at radius 2 is 2.00 bits per heavy atom. The van der Waals surface area contributed by atoms with Crippen molar-refractivity contribution in [3.8, 4) is 5.75 Å². The van der Waals surface area contributed by atoms with Crippen molar-refractivity contribution < 1.29 is 13.9 Å². The van der Waals surface area contributed by atoms with Crippen LogP contribution in [0.5, 0.6) is 5.75 Å². The van der Waals surface area contributed by atoms with Gasteiger partial charge in [0.25, 0.3) is 0 Å². The summed E-state index contributed by atoms with van der Waals surface area (Å²) in [6.45, 7) is 1.35. The van der Waals surface area contributed by atoms with Crippen LogP contribution in [0.15, 0.2) is 24.3 Å². The fourth-order valence-corrected chi connectivity index (χ4v) is 2.23. The first kappa shape index (κ1) is 9.85. The smallest absolute Gasteiger partial charge is 0.165 e. The Morgan fingerprint density at radius 3 is 2.81 bits per heavy atom. The lowest BCUT2D eigenvalue weighted by atomic mass is 9.90. The fourth-order valence-electron chi connectivity index (χ4n) is 2.23. The molecule has 3 rings (SSSR count). The van der Waals surface area contributed by atoms with Gasteiger partial charge < -0.3 is 9.47 Å². The molecule has 84 valence electrons. The maximum absolute atomic E-state index is 13.6. The third-order valence-corrected chi connectivity index (χ3v) is 3.21. The average Bonchev–Trinajstić information content (AvgIpc) is 2.32. The van der Waals surface area contributed by atoms with E-state index in [4.69, 9.17) is 9.47 Å². The predicted molar refractivity (Wildman–Crippen MR) is 58.8 cm³/mol. The molecule has 1 aromatic rings. The van der Waals surface area contributed by atoms with Gasteiger partial charge in [0, 0.05) is 18.4 Å². The summed E-state index contributed by atoms with van der Waals surface area (Å²) in [5, 5.41) is 0. The molecule has 2 aliphatic heterocycles. The maximum atomic E-state index is 13.6. The molecule has 0 radical (unpaired) electrons.